The summed E-state index contributed by atoms with van der Waals surface area (Å²) in [5, 5.41) is 13.0. The third-order valence-corrected chi connectivity index (χ3v) is 4.08. The number of furan rings is 1. The Labute approximate surface area is 154 Å². The Balaban J connectivity index is 1.98. The molecule has 0 aliphatic carbocycles. The third-order valence-electron chi connectivity index (χ3n) is 3.27. The van der Waals surface area contributed by atoms with Crippen LogP contribution in [0, 0.1) is 10.1 Å². The number of nitrogens with zero attached hydrogens (tertiary/aromatic N) is 2. The standard InChI is InChI=1S/C15H8BrN3O5S/c16-8-1-3-9(4-2-8)18-14(21)11(13(20)17-15(18)25)7-10-5-6-12(24-10)19(22)23/h1-7H,(H,17,20,25)/b11-7+. The number of nitrogens with one attached hydrogen (secondary N) is 1. The van der Waals surface area contributed by atoms with Gasteiger partial charge < -0.3 is 4.42 Å². The van der Waals surface area contributed by atoms with Crippen LogP contribution in [0.1, 0.15) is 5.76 Å². The zero-order valence-electron chi connectivity index (χ0n) is 12.3. The fraction of sp³-hybridized carbons (Fsp3) is 0. The van der Waals surface area contributed by atoms with Gasteiger partial charge in [0.2, 0.25) is 0 Å². The monoisotopic (exact) mass is 421 g/mol. The van der Waals surface area contributed by atoms with E-state index in [2.05, 4.69) is 21.2 Å². The van der Waals surface area contributed by atoms with Gasteiger partial charge in [-0.1, -0.05) is 15.9 Å². The molecule has 2 amide bonds. The Morgan fingerprint density at radius 1 is 1.20 bits per heavy atom. The fourth-order valence-electron chi connectivity index (χ4n) is 2.14. The van der Waals surface area contributed by atoms with Crippen LogP contribution in [0.15, 0.2) is 50.9 Å². The molecule has 1 aromatic heterocycles. The summed E-state index contributed by atoms with van der Waals surface area (Å²) >= 11 is 8.37. The van der Waals surface area contributed by atoms with Crippen molar-refractivity contribution in [1.29, 1.82) is 0 Å². The van der Waals surface area contributed by atoms with Crippen LogP contribution in [0.2, 0.25) is 0 Å². The Morgan fingerprint density at radius 3 is 2.48 bits per heavy atom. The molecule has 0 bridgehead atoms. The van der Waals surface area contributed by atoms with E-state index in [-0.39, 0.29) is 16.4 Å². The number of carbonyl (C=O) groups excluding carboxylic acids is 2. The van der Waals surface area contributed by atoms with E-state index in [9.17, 15) is 19.7 Å². The van der Waals surface area contributed by atoms with Crippen molar-refractivity contribution >= 4 is 62.7 Å². The van der Waals surface area contributed by atoms with Crippen molar-refractivity contribution in [2.24, 2.45) is 0 Å². The largest absolute Gasteiger partial charge is 0.433 e. The van der Waals surface area contributed by atoms with Crippen LogP contribution in [-0.4, -0.2) is 21.9 Å². The van der Waals surface area contributed by atoms with Gasteiger partial charge in [-0.2, -0.15) is 0 Å². The summed E-state index contributed by atoms with van der Waals surface area (Å²) in [4.78, 5) is 35.9. The number of carbonyl (C=O) groups is 2. The van der Waals surface area contributed by atoms with Crippen molar-refractivity contribution < 1.29 is 18.9 Å². The number of thiocarbonyl (C=S) groups is 1. The number of hydrogen-bond donors (Lipinski definition) is 1. The van der Waals surface area contributed by atoms with Gasteiger partial charge in [-0.25, -0.2) is 0 Å². The molecule has 10 heteroatoms. The quantitative estimate of drug-likeness (QED) is 0.268. The molecule has 126 valence electrons. The zero-order valence-corrected chi connectivity index (χ0v) is 14.7. The van der Waals surface area contributed by atoms with Gasteiger partial charge in [0.05, 0.1) is 11.8 Å². The Hall–Kier alpha value is -2.85. The smallest absolute Gasteiger partial charge is 0.401 e. The van der Waals surface area contributed by atoms with Gasteiger partial charge in [0.25, 0.3) is 11.8 Å². The molecule has 1 aliphatic heterocycles. The van der Waals surface area contributed by atoms with E-state index >= 15 is 0 Å². The maximum atomic E-state index is 12.7. The normalized spacial score (nSPS) is 16.3. The number of anilines is 1. The highest BCUT2D eigenvalue weighted by Crippen LogP contribution is 2.25. The minimum atomic E-state index is -0.714. The lowest BCUT2D eigenvalue weighted by Gasteiger charge is -2.28. The van der Waals surface area contributed by atoms with Crippen LogP contribution in [-0.2, 0) is 9.59 Å². The predicted octanol–water partition coefficient (Wildman–Crippen LogP) is 2.78. The summed E-state index contributed by atoms with van der Waals surface area (Å²) in [5.74, 6) is -1.85. The van der Waals surface area contributed by atoms with E-state index in [1.807, 2.05) is 0 Å². The van der Waals surface area contributed by atoms with Gasteiger partial charge in [0.1, 0.15) is 16.3 Å². The summed E-state index contributed by atoms with van der Waals surface area (Å²) in [6.45, 7) is 0. The highest BCUT2D eigenvalue weighted by molar-refractivity contribution is 9.10. The van der Waals surface area contributed by atoms with Crippen LogP contribution in [0.5, 0.6) is 0 Å². The second kappa shape index (κ2) is 6.57. The SMILES string of the molecule is O=C1NC(=S)N(c2ccc(Br)cc2)C(=O)/C1=C/c1ccc([N+](=O)[O-])o1. The van der Waals surface area contributed by atoms with Crippen molar-refractivity contribution in [3.05, 3.63) is 62.3 Å². The number of benzene rings is 1. The minimum absolute atomic E-state index is 0.00812. The van der Waals surface area contributed by atoms with Gasteiger partial charge in [-0.3, -0.25) is 29.9 Å². The van der Waals surface area contributed by atoms with Gasteiger partial charge >= 0.3 is 5.88 Å². The molecular formula is C15H8BrN3O5S. The molecule has 0 atom stereocenters. The van der Waals surface area contributed by atoms with E-state index in [0.29, 0.717) is 5.69 Å². The lowest BCUT2D eigenvalue weighted by molar-refractivity contribution is -0.402. The van der Waals surface area contributed by atoms with Crippen LogP contribution in [0.3, 0.4) is 0 Å². The molecular weight excluding hydrogens is 414 g/mol. The maximum absolute atomic E-state index is 12.7. The van der Waals surface area contributed by atoms with Crippen molar-refractivity contribution in [2.45, 2.75) is 0 Å². The first kappa shape index (κ1) is 17.0. The lowest BCUT2D eigenvalue weighted by atomic mass is 10.1. The fourth-order valence-corrected chi connectivity index (χ4v) is 2.69. The molecule has 0 radical (unpaired) electrons. The van der Waals surface area contributed by atoms with Gasteiger partial charge in [-0.05, 0) is 48.6 Å². The van der Waals surface area contributed by atoms with E-state index in [1.54, 1.807) is 24.3 Å². The molecule has 0 saturated carbocycles. The van der Waals surface area contributed by atoms with Crippen LogP contribution in [0.25, 0.3) is 6.08 Å². The molecule has 2 aromatic rings. The second-order valence-corrected chi connectivity index (χ2v) is 6.17. The van der Waals surface area contributed by atoms with Crippen LogP contribution in [0.4, 0.5) is 11.6 Å². The van der Waals surface area contributed by atoms with Crippen LogP contribution >= 0.6 is 28.1 Å². The summed E-state index contributed by atoms with van der Waals surface area (Å²) in [6, 6.07) is 9.18. The van der Waals surface area contributed by atoms with E-state index in [1.165, 1.54) is 6.07 Å². The first-order valence-corrected chi connectivity index (χ1v) is 7.98. The first-order chi connectivity index (χ1) is 11.9. The van der Waals surface area contributed by atoms with Crippen molar-refractivity contribution in [3.63, 3.8) is 0 Å². The Morgan fingerprint density at radius 2 is 1.88 bits per heavy atom. The summed E-state index contributed by atoms with van der Waals surface area (Å²) in [7, 11) is 0. The molecule has 1 aromatic carbocycles. The van der Waals surface area contributed by atoms with Crippen molar-refractivity contribution in [1.82, 2.24) is 5.32 Å². The number of nitro groups is 1. The molecule has 25 heavy (non-hydrogen) atoms. The Bertz CT molecular complexity index is 935. The number of hydrogen-bond acceptors (Lipinski definition) is 6. The summed E-state index contributed by atoms with van der Waals surface area (Å²) < 4.78 is 5.78. The molecule has 2 heterocycles. The van der Waals surface area contributed by atoms with Crippen molar-refractivity contribution in [3.8, 4) is 0 Å². The first-order valence-electron chi connectivity index (χ1n) is 6.78. The predicted molar refractivity (Wildman–Crippen MR) is 95.7 cm³/mol. The molecule has 0 unspecified atom stereocenters. The van der Waals surface area contributed by atoms with E-state index < -0.39 is 22.6 Å². The van der Waals surface area contributed by atoms with E-state index in [0.717, 1.165) is 21.5 Å². The lowest BCUT2D eigenvalue weighted by Crippen LogP contribution is -2.54. The molecule has 1 aliphatic rings. The maximum Gasteiger partial charge on any atom is 0.433 e. The molecule has 0 spiro atoms. The molecule has 1 saturated heterocycles. The van der Waals surface area contributed by atoms with Gasteiger partial charge in [0, 0.05) is 4.47 Å². The third kappa shape index (κ3) is 3.35. The average molecular weight is 422 g/mol. The second-order valence-electron chi connectivity index (χ2n) is 4.87. The Kier molecular flexibility index (Phi) is 4.47. The highest BCUT2D eigenvalue weighted by atomic mass is 79.9. The summed E-state index contributed by atoms with van der Waals surface area (Å²) in [6.07, 6.45) is 1.14. The number of amides is 2. The zero-order chi connectivity index (χ0) is 18.1. The molecule has 8 nitrogen and oxygen atoms in total. The van der Waals surface area contributed by atoms with Crippen LogP contribution < -0.4 is 10.2 Å². The molecule has 1 fully saturated rings. The molecule has 3 rings (SSSR count). The topological polar surface area (TPSA) is 106 Å². The highest BCUT2D eigenvalue weighted by Gasteiger charge is 2.34. The minimum Gasteiger partial charge on any atom is -0.401 e. The van der Waals surface area contributed by atoms with Gasteiger partial charge in [0.15, 0.2) is 5.11 Å². The average Bonchev–Trinajstić information content (AvgIpc) is 3.02. The van der Waals surface area contributed by atoms with Crippen molar-refractivity contribution in [2.75, 3.05) is 4.90 Å². The number of rotatable bonds is 3. The van der Waals surface area contributed by atoms with Gasteiger partial charge in [-0.15, -0.1) is 0 Å². The molecule has 1 N–H and O–H groups in total. The summed E-state index contributed by atoms with van der Waals surface area (Å²) in [5.41, 5.74) is 0.218. The van der Waals surface area contributed by atoms with E-state index in [4.69, 9.17) is 16.6 Å². The number of halogens is 1.